The van der Waals surface area contributed by atoms with Crippen LogP contribution in [0.25, 0.3) is 0 Å². The van der Waals surface area contributed by atoms with Gasteiger partial charge in [0.1, 0.15) is 6.73 Å². The van der Waals surface area contributed by atoms with Gasteiger partial charge in [0.2, 0.25) is 5.91 Å². The van der Waals surface area contributed by atoms with Gasteiger partial charge in [0.05, 0.1) is 20.8 Å². The van der Waals surface area contributed by atoms with Gasteiger partial charge in [-0.05, 0) is 24.1 Å². The molecule has 5 nitrogen and oxygen atoms in total. The van der Waals surface area contributed by atoms with Crippen LogP contribution in [-0.4, -0.2) is 44.9 Å². The van der Waals surface area contributed by atoms with E-state index >= 15 is 0 Å². The average molecular weight is 265 g/mol. The van der Waals surface area contributed by atoms with Crippen LogP contribution in [0.1, 0.15) is 12.0 Å². The molecule has 0 atom stereocenters. The van der Waals surface area contributed by atoms with E-state index in [0.29, 0.717) is 44.2 Å². The van der Waals surface area contributed by atoms with Crippen LogP contribution in [0.5, 0.6) is 11.5 Å². The van der Waals surface area contributed by atoms with Crippen LogP contribution in [0, 0.1) is 0 Å². The van der Waals surface area contributed by atoms with Gasteiger partial charge in [-0.2, -0.15) is 0 Å². The Bertz CT molecular complexity index is 441. The van der Waals surface area contributed by atoms with Gasteiger partial charge in [-0.15, -0.1) is 0 Å². The second kappa shape index (κ2) is 6.43. The van der Waals surface area contributed by atoms with Gasteiger partial charge >= 0.3 is 0 Å². The minimum Gasteiger partial charge on any atom is -0.493 e. The largest absolute Gasteiger partial charge is 0.493 e. The molecule has 0 N–H and O–H groups in total. The predicted octanol–water partition coefficient (Wildman–Crippen LogP) is 1.45. The minimum atomic E-state index is 0.132. The summed E-state index contributed by atoms with van der Waals surface area (Å²) in [4.78, 5) is 13.6. The van der Waals surface area contributed by atoms with E-state index in [1.807, 2.05) is 18.2 Å². The van der Waals surface area contributed by atoms with E-state index in [-0.39, 0.29) is 5.91 Å². The highest BCUT2D eigenvalue weighted by Gasteiger charge is 2.18. The maximum Gasteiger partial charge on any atom is 0.224 e. The summed E-state index contributed by atoms with van der Waals surface area (Å²) in [5.74, 6) is 1.52. The third kappa shape index (κ3) is 3.38. The van der Waals surface area contributed by atoms with Crippen molar-refractivity contribution in [3.8, 4) is 11.5 Å². The molecular formula is C14H19NO4. The fraction of sp³-hybridized carbons (Fsp3) is 0.500. The molecule has 1 saturated heterocycles. The topological polar surface area (TPSA) is 48.0 Å². The molecule has 0 aromatic heterocycles. The first-order chi connectivity index (χ1) is 9.24. The van der Waals surface area contributed by atoms with E-state index < -0.39 is 0 Å². The molecule has 19 heavy (non-hydrogen) atoms. The molecule has 0 saturated carbocycles. The summed E-state index contributed by atoms with van der Waals surface area (Å²) in [6, 6.07) is 5.72. The van der Waals surface area contributed by atoms with Crippen LogP contribution >= 0.6 is 0 Å². The normalized spacial score (nSPS) is 14.5. The number of nitrogens with zero attached hydrogens (tertiary/aromatic N) is 1. The van der Waals surface area contributed by atoms with Gasteiger partial charge in [-0.1, -0.05) is 6.07 Å². The number of hydrogen-bond acceptors (Lipinski definition) is 4. The molecule has 5 heteroatoms. The van der Waals surface area contributed by atoms with E-state index in [1.54, 1.807) is 19.1 Å². The molecule has 0 bridgehead atoms. The van der Waals surface area contributed by atoms with Crippen molar-refractivity contribution < 1.29 is 19.0 Å². The summed E-state index contributed by atoms with van der Waals surface area (Å²) in [6.45, 7) is 1.76. The van der Waals surface area contributed by atoms with Crippen molar-refractivity contribution in [2.75, 3.05) is 34.1 Å². The standard InChI is InChI=1S/C14H19NO4/c1-17-12-5-3-11(9-13(12)18-2)4-6-14(16)15-7-8-19-10-15/h3,5,9H,4,6-8,10H2,1-2H3. The van der Waals surface area contributed by atoms with Gasteiger partial charge < -0.3 is 19.1 Å². The molecule has 1 heterocycles. The third-order valence-corrected chi connectivity index (χ3v) is 3.18. The Morgan fingerprint density at radius 2 is 2.11 bits per heavy atom. The second-order valence-corrected chi connectivity index (χ2v) is 4.38. The van der Waals surface area contributed by atoms with Crippen molar-refractivity contribution in [1.29, 1.82) is 0 Å². The van der Waals surface area contributed by atoms with E-state index in [1.165, 1.54) is 0 Å². The molecule has 1 aromatic carbocycles. The summed E-state index contributed by atoms with van der Waals surface area (Å²) < 4.78 is 15.6. The molecule has 2 rings (SSSR count). The molecule has 0 spiro atoms. The first-order valence-corrected chi connectivity index (χ1v) is 6.31. The second-order valence-electron chi connectivity index (χ2n) is 4.38. The van der Waals surface area contributed by atoms with Crippen LogP contribution < -0.4 is 9.47 Å². The van der Waals surface area contributed by atoms with Crippen molar-refractivity contribution in [2.45, 2.75) is 12.8 Å². The van der Waals surface area contributed by atoms with Crippen LogP contribution in [0.4, 0.5) is 0 Å². The van der Waals surface area contributed by atoms with E-state index in [9.17, 15) is 4.79 Å². The van der Waals surface area contributed by atoms with Crippen molar-refractivity contribution in [2.24, 2.45) is 0 Å². The highest BCUT2D eigenvalue weighted by molar-refractivity contribution is 5.76. The summed E-state index contributed by atoms with van der Waals surface area (Å²) in [5, 5.41) is 0. The van der Waals surface area contributed by atoms with Gasteiger partial charge in [-0.25, -0.2) is 0 Å². The fourth-order valence-corrected chi connectivity index (χ4v) is 2.06. The summed E-state index contributed by atoms with van der Waals surface area (Å²) in [6.07, 6.45) is 1.18. The molecule has 1 aliphatic rings. The Hall–Kier alpha value is -1.75. The highest BCUT2D eigenvalue weighted by Crippen LogP contribution is 2.28. The Morgan fingerprint density at radius 1 is 1.32 bits per heavy atom. The maximum atomic E-state index is 11.9. The molecule has 104 valence electrons. The predicted molar refractivity (Wildman–Crippen MR) is 70.4 cm³/mol. The van der Waals surface area contributed by atoms with Crippen molar-refractivity contribution in [1.82, 2.24) is 4.90 Å². The van der Waals surface area contributed by atoms with Crippen LogP contribution in [0.2, 0.25) is 0 Å². The van der Waals surface area contributed by atoms with Crippen molar-refractivity contribution >= 4 is 5.91 Å². The maximum absolute atomic E-state index is 11.9. The Labute approximate surface area is 113 Å². The Kier molecular flexibility index (Phi) is 4.63. The van der Waals surface area contributed by atoms with Gasteiger partial charge in [-0.3, -0.25) is 4.79 Å². The number of benzene rings is 1. The number of hydrogen-bond donors (Lipinski definition) is 0. The van der Waals surface area contributed by atoms with Crippen molar-refractivity contribution in [3.63, 3.8) is 0 Å². The van der Waals surface area contributed by atoms with E-state index in [0.717, 1.165) is 5.56 Å². The minimum absolute atomic E-state index is 0.132. The number of carbonyl (C=O) groups excluding carboxylic acids is 1. The lowest BCUT2D eigenvalue weighted by atomic mass is 10.1. The summed E-state index contributed by atoms with van der Waals surface area (Å²) in [5.41, 5.74) is 1.06. The molecule has 1 aromatic rings. The average Bonchev–Trinajstić information content (AvgIpc) is 2.98. The molecule has 1 amide bonds. The lowest BCUT2D eigenvalue weighted by Crippen LogP contribution is -2.28. The number of rotatable bonds is 5. The number of aryl methyl sites for hydroxylation is 1. The van der Waals surface area contributed by atoms with Crippen LogP contribution in [0.3, 0.4) is 0 Å². The van der Waals surface area contributed by atoms with Crippen LogP contribution in [0.15, 0.2) is 18.2 Å². The van der Waals surface area contributed by atoms with Crippen LogP contribution in [-0.2, 0) is 16.0 Å². The molecule has 1 aliphatic heterocycles. The van der Waals surface area contributed by atoms with E-state index in [4.69, 9.17) is 14.2 Å². The van der Waals surface area contributed by atoms with Gasteiger partial charge in [0.15, 0.2) is 11.5 Å². The Morgan fingerprint density at radius 3 is 2.74 bits per heavy atom. The van der Waals surface area contributed by atoms with Gasteiger partial charge in [0, 0.05) is 13.0 Å². The zero-order chi connectivity index (χ0) is 13.7. The summed E-state index contributed by atoms with van der Waals surface area (Å²) >= 11 is 0. The van der Waals surface area contributed by atoms with Gasteiger partial charge in [0.25, 0.3) is 0 Å². The third-order valence-electron chi connectivity index (χ3n) is 3.18. The molecular weight excluding hydrogens is 246 g/mol. The number of ether oxygens (including phenoxy) is 3. The van der Waals surface area contributed by atoms with E-state index in [2.05, 4.69) is 0 Å². The first kappa shape index (κ1) is 13.7. The zero-order valence-electron chi connectivity index (χ0n) is 11.3. The molecule has 0 unspecified atom stereocenters. The smallest absolute Gasteiger partial charge is 0.224 e. The quantitative estimate of drug-likeness (QED) is 0.808. The Balaban J connectivity index is 1.93. The lowest BCUT2D eigenvalue weighted by molar-refractivity contribution is -0.131. The fourth-order valence-electron chi connectivity index (χ4n) is 2.06. The number of carbonyl (C=O) groups is 1. The summed E-state index contributed by atoms with van der Waals surface area (Å²) in [7, 11) is 3.21. The number of amides is 1. The SMILES string of the molecule is COc1ccc(CCC(=O)N2CCOC2)cc1OC. The molecule has 0 aliphatic carbocycles. The first-order valence-electron chi connectivity index (χ1n) is 6.31. The monoisotopic (exact) mass is 265 g/mol. The zero-order valence-corrected chi connectivity index (χ0v) is 11.3. The van der Waals surface area contributed by atoms with Crippen molar-refractivity contribution in [3.05, 3.63) is 23.8 Å². The highest BCUT2D eigenvalue weighted by atomic mass is 16.5. The lowest BCUT2D eigenvalue weighted by Gasteiger charge is -2.13. The molecule has 1 fully saturated rings. The molecule has 0 radical (unpaired) electrons. The number of methoxy groups -OCH3 is 2.